The van der Waals surface area contributed by atoms with Crippen molar-refractivity contribution >= 4 is 28.6 Å². The first-order valence-corrected chi connectivity index (χ1v) is 17.9. The number of amides is 2. The van der Waals surface area contributed by atoms with E-state index in [4.69, 9.17) is 9.47 Å². The van der Waals surface area contributed by atoms with Crippen molar-refractivity contribution in [2.75, 3.05) is 6.54 Å². The summed E-state index contributed by atoms with van der Waals surface area (Å²) >= 11 is 0. The predicted octanol–water partition coefficient (Wildman–Crippen LogP) is 7.49. The van der Waals surface area contributed by atoms with Crippen LogP contribution < -0.4 is 20.1 Å². The number of alkyl halides is 2. The summed E-state index contributed by atoms with van der Waals surface area (Å²) in [5.41, 5.74) is 0.682. The van der Waals surface area contributed by atoms with Crippen LogP contribution in [0.25, 0.3) is 10.8 Å². The number of halogens is 3. The van der Waals surface area contributed by atoms with E-state index in [1.165, 1.54) is 0 Å². The number of ether oxygens (including phenoxy) is 3. The van der Waals surface area contributed by atoms with Crippen molar-refractivity contribution in [1.29, 1.82) is 0 Å². The van der Waals surface area contributed by atoms with Crippen LogP contribution in [0, 0.1) is 34.9 Å². The van der Waals surface area contributed by atoms with E-state index in [0.717, 1.165) is 47.7 Å². The van der Waals surface area contributed by atoms with Gasteiger partial charge >= 0.3 is 12.6 Å². The minimum absolute atomic E-state index is 0.0518. The van der Waals surface area contributed by atoms with Gasteiger partial charge in [0, 0.05) is 18.7 Å². The van der Waals surface area contributed by atoms with E-state index in [-0.39, 0.29) is 53.0 Å². The molecule has 0 radical (unpaired) electrons. The van der Waals surface area contributed by atoms with Gasteiger partial charge < -0.3 is 24.8 Å². The first-order chi connectivity index (χ1) is 24.6. The number of benzene rings is 3. The zero-order valence-corrected chi connectivity index (χ0v) is 28.5. The molecule has 0 saturated heterocycles. The van der Waals surface area contributed by atoms with Crippen molar-refractivity contribution in [2.24, 2.45) is 29.1 Å². The number of carbonyl (C=O) groups excluding carboxylic acids is 3. The van der Waals surface area contributed by atoms with Gasteiger partial charge in [0.2, 0.25) is 5.91 Å². The molecule has 4 aliphatic carbocycles. The predicted molar refractivity (Wildman–Crippen MR) is 184 cm³/mol. The lowest BCUT2D eigenvalue weighted by Gasteiger charge is -2.39. The third-order valence-electron chi connectivity index (χ3n) is 11.4. The summed E-state index contributed by atoms with van der Waals surface area (Å²) in [6.07, 6.45) is 9.20. The van der Waals surface area contributed by atoms with Gasteiger partial charge in [-0.3, -0.25) is 14.4 Å². The summed E-state index contributed by atoms with van der Waals surface area (Å²) < 4.78 is 58.3. The summed E-state index contributed by atoms with van der Waals surface area (Å²) in [6, 6.07) is 15.0. The maximum atomic E-state index is 15.3. The standard InChI is InChI=1S/C40H43F3N2O6/c1-40(16-5-17-40)22-44-37(47)34-25-10-11-26(18-25)35(34)45-36(46)30-19-33(31(41)20-32(30)51-39(42)43)50-28-14-12-24(13-15-28)38(48)49-21-27-8-4-7-23-6-2-3-9-29(23)27/h2-4,6-11,19-20,24-26,28,34-35,39H,5,12-18,21-22H2,1H3,(H,44,47)(H,45,46). The van der Waals surface area contributed by atoms with Crippen LogP contribution >= 0.6 is 0 Å². The van der Waals surface area contributed by atoms with E-state index in [9.17, 15) is 23.2 Å². The Kier molecular flexibility index (Phi) is 9.99. The summed E-state index contributed by atoms with van der Waals surface area (Å²) in [7, 11) is 0. The lowest BCUT2D eigenvalue weighted by atomic mass is 9.70. The molecule has 3 aromatic rings. The molecular weight excluding hydrogens is 661 g/mol. The molecule has 2 bridgehead atoms. The maximum Gasteiger partial charge on any atom is 0.387 e. The third kappa shape index (κ3) is 7.58. The number of hydrogen-bond acceptors (Lipinski definition) is 6. The topological polar surface area (TPSA) is 103 Å². The van der Waals surface area contributed by atoms with E-state index in [1.807, 2.05) is 54.6 Å². The molecule has 11 heteroatoms. The Labute approximate surface area is 295 Å². The average molecular weight is 705 g/mol. The third-order valence-corrected chi connectivity index (χ3v) is 11.4. The smallest absolute Gasteiger partial charge is 0.387 e. The molecule has 2 amide bonds. The van der Waals surface area contributed by atoms with Gasteiger partial charge in [-0.05, 0) is 84.6 Å². The molecule has 0 spiro atoms. The molecular formula is C40H43F3N2O6. The minimum atomic E-state index is -3.30. The number of nitrogens with one attached hydrogen (secondary N) is 2. The van der Waals surface area contributed by atoms with Crippen molar-refractivity contribution in [3.63, 3.8) is 0 Å². The normalized spacial score (nSPS) is 26.1. The average Bonchev–Trinajstić information content (AvgIpc) is 3.72. The number of carbonyl (C=O) groups is 3. The number of rotatable bonds is 12. The molecule has 0 aliphatic heterocycles. The Morgan fingerprint density at radius 1 is 0.941 bits per heavy atom. The van der Waals surface area contributed by atoms with Crippen molar-refractivity contribution in [3.8, 4) is 11.5 Å². The van der Waals surface area contributed by atoms with Gasteiger partial charge in [-0.25, -0.2) is 4.39 Å². The number of fused-ring (bicyclic) bond motifs is 3. The second kappa shape index (κ2) is 14.6. The summed E-state index contributed by atoms with van der Waals surface area (Å²) in [6.45, 7) is -0.439. The van der Waals surface area contributed by atoms with Crippen LogP contribution in [0.1, 0.15) is 74.2 Å². The lowest BCUT2D eigenvalue weighted by molar-refractivity contribution is -0.151. The van der Waals surface area contributed by atoms with E-state index in [1.54, 1.807) is 0 Å². The van der Waals surface area contributed by atoms with Crippen LogP contribution in [0.2, 0.25) is 0 Å². The molecule has 4 aliphatic rings. The molecule has 0 aromatic heterocycles. The van der Waals surface area contributed by atoms with E-state index in [0.29, 0.717) is 38.6 Å². The van der Waals surface area contributed by atoms with Crippen LogP contribution in [0.5, 0.6) is 11.5 Å². The zero-order chi connectivity index (χ0) is 35.7. The van der Waals surface area contributed by atoms with Gasteiger partial charge in [-0.1, -0.05) is 68.0 Å². The van der Waals surface area contributed by atoms with E-state index in [2.05, 4.69) is 22.3 Å². The lowest BCUT2D eigenvalue weighted by Crippen LogP contribution is -2.50. The molecule has 3 saturated carbocycles. The van der Waals surface area contributed by atoms with Crippen molar-refractivity contribution in [2.45, 2.75) is 83.7 Å². The Morgan fingerprint density at radius 2 is 1.69 bits per heavy atom. The quantitative estimate of drug-likeness (QED) is 0.150. The Bertz CT molecular complexity index is 1810. The van der Waals surface area contributed by atoms with Crippen LogP contribution in [-0.4, -0.2) is 43.1 Å². The van der Waals surface area contributed by atoms with Crippen LogP contribution in [0.3, 0.4) is 0 Å². The molecule has 51 heavy (non-hydrogen) atoms. The van der Waals surface area contributed by atoms with Gasteiger partial charge in [-0.15, -0.1) is 0 Å². The highest BCUT2D eigenvalue weighted by molar-refractivity contribution is 5.98. The second-order valence-corrected chi connectivity index (χ2v) is 14.9. The van der Waals surface area contributed by atoms with Crippen molar-refractivity contribution in [3.05, 3.63) is 83.7 Å². The van der Waals surface area contributed by atoms with Gasteiger partial charge in [0.05, 0.1) is 23.5 Å². The van der Waals surface area contributed by atoms with Crippen LogP contribution in [-0.2, 0) is 20.9 Å². The summed E-state index contributed by atoms with van der Waals surface area (Å²) in [5.74, 6) is -4.08. The maximum absolute atomic E-state index is 15.3. The molecule has 4 atom stereocenters. The highest BCUT2D eigenvalue weighted by atomic mass is 19.3. The molecule has 7 rings (SSSR count). The molecule has 0 heterocycles. The van der Waals surface area contributed by atoms with Crippen molar-refractivity contribution in [1.82, 2.24) is 10.6 Å². The Morgan fingerprint density at radius 3 is 2.43 bits per heavy atom. The second-order valence-electron chi connectivity index (χ2n) is 14.9. The molecule has 3 aromatic carbocycles. The fourth-order valence-electron chi connectivity index (χ4n) is 8.26. The SMILES string of the molecule is CC1(CNC(=O)C2C3C=CC(C3)C2NC(=O)c2cc(OC3CCC(C(=O)OCc4cccc5ccccc45)CC3)c(F)cc2OC(F)F)CCC1. The highest BCUT2D eigenvalue weighted by Crippen LogP contribution is 2.45. The molecule has 4 unspecified atom stereocenters. The zero-order valence-electron chi connectivity index (χ0n) is 28.5. The largest absolute Gasteiger partial charge is 0.487 e. The first kappa shape index (κ1) is 34.9. The minimum Gasteiger partial charge on any atom is -0.487 e. The first-order valence-electron chi connectivity index (χ1n) is 17.9. The Hall–Kier alpha value is -4.54. The van der Waals surface area contributed by atoms with Crippen molar-refractivity contribution < 1.29 is 41.8 Å². The summed E-state index contributed by atoms with van der Waals surface area (Å²) in [5, 5.41) is 8.06. The summed E-state index contributed by atoms with van der Waals surface area (Å²) in [4.78, 5) is 40.0. The highest BCUT2D eigenvalue weighted by Gasteiger charge is 2.49. The van der Waals surface area contributed by atoms with Gasteiger partial charge in [0.25, 0.3) is 5.91 Å². The number of esters is 1. The molecule has 2 N–H and O–H groups in total. The van der Waals surface area contributed by atoms with Crippen LogP contribution in [0.4, 0.5) is 13.2 Å². The van der Waals surface area contributed by atoms with E-state index < -0.39 is 42.1 Å². The fourth-order valence-corrected chi connectivity index (χ4v) is 8.26. The monoisotopic (exact) mass is 704 g/mol. The molecule has 3 fully saturated rings. The Balaban J connectivity index is 0.987. The van der Waals surface area contributed by atoms with Crippen LogP contribution in [0.15, 0.2) is 66.7 Å². The van der Waals surface area contributed by atoms with Gasteiger partial charge in [-0.2, -0.15) is 8.78 Å². The van der Waals surface area contributed by atoms with Gasteiger partial charge in [0.15, 0.2) is 11.6 Å². The van der Waals surface area contributed by atoms with E-state index >= 15 is 4.39 Å². The number of hydrogen-bond donors (Lipinski definition) is 2. The number of allylic oxidation sites excluding steroid dienone is 1. The van der Waals surface area contributed by atoms with Gasteiger partial charge in [0.1, 0.15) is 12.4 Å². The fraction of sp³-hybridized carbons (Fsp3) is 0.475. The molecule has 8 nitrogen and oxygen atoms in total. The molecule has 270 valence electrons.